The normalized spacial score (nSPS) is 10.7. The fourth-order valence-electron chi connectivity index (χ4n) is 0.931. The summed E-state index contributed by atoms with van der Waals surface area (Å²) in [6, 6.07) is 4.85. The fraction of sp³-hybridized carbons (Fsp3) is 0.300. The molecule has 0 fully saturated rings. The lowest BCUT2D eigenvalue weighted by molar-refractivity contribution is 0.160. The first-order valence-corrected chi connectivity index (χ1v) is 4.15. The number of oxime groups is 1. The second kappa shape index (κ2) is 4.60. The van der Waals surface area contributed by atoms with Crippen molar-refractivity contribution in [2.75, 3.05) is 6.61 Å². The Morgan fingerprint density at radius 1 is 1.54 bits per heavy atom. The summed E-state index contributed by atoms with van der Waals surface area (Å²) in [6.45, 7) is 4.21. The Kier molecular flexibility index (Phi) is 3.43. The number of benzene rings is 1. The highest BCUT2D eigenvalue weighted by atomic mass is 19.1. The quantitative estimate of drug-likeness (QED) is 0.518. The van der Waals surface area contributed by atoms with Gasteiger partial charge in [0.15, 0.2) is 0 Å². The van der Waals surface area contributed by atoms with Gasteiger partial charge in [0.1, 0.15) is 12.4 Å². The predicted molar refractivity (Wildman–Crippen MR) is 50.4 cm³/mol. The van der Waals surface area contributed by atoms with Crippen LogP contribution in [0.3, 0.4) is 0 Å². The van der Waals surface area contributed by atoms with Gasteiger partial charge >= 0.3 is 0 Å². The number of hydrogen-bond acceptors (Lipinski definition) is 2. The summed E-state index contributed by atoms with van der Waals surface area (Å²) >= 11 is 0. The van der Waals surface area contributed by atoms with E-state index < -0.39 is 0 Å². The molecule has 0 aromatic heterocycles. The van der Waals surface area contributed by atoms with E-state index in [-0.39, 0.29) is 5.82 Å². The van der Waals surface area contributed by atoms with Gasteiger partial charge in [-0.2, -0.15) is 0 Å². The number of aryl methyl sites for hydroxylation is 1. The lowest BCUT2D eigenvalue weighted by Crippen LogP contribution is -1.90. The second-order valence-corrected chi connectivity index (χ2v) is 2.68. The number of hydrogen-bond donors (Lipinski definition) is 0. The van der Waals surface area contributed by atoms with Gasteiger partial charge < -0.3 is 4.84 Å². The van der Waals surface area contributed by atoms with E-state index in [1.807, 2.05) is 13.8 Å². The van der Waals surface area contributed by atoms with Crippen molar-refractivity contribution in [1.29, 1.82) is 0 Å². The average molecular weight is 181 g/mol. The minimum Gasteiger partial charge on any atom is -0.396 e. The van der Waals surface area contributed by atoms with Crippen molar-refractivity contribution < 1.29 is 9.23 Å². The topological polar surface area (TPSA) is 21.6 Å². The summed E-state index contributed by atoms with van der Waals surface area (Å²) < 4.78 is 13.1. The van der Waals surface area contributed by atoms with Crippen LogP contribution in [0.1, 0.15) is 18.1 Å². The summed E-state index contributed by atoms with van der Waals surface area (Å²) in [5, 5.41) is 3.60. The summed E-state index contributed by atoms with van der Waals surface area (Å²) in [5.41, 5.74) is 1.45. The highest BCUT2D eigenvalue weighted by molar-refractivity contribution is 5.79. The zero-order chi connectivity index (χ0) is 9.68. The largest absolute Gasteiger partial charge is 0.396 e. The van der Waals surface area contributed by atoms with Crippen LogP contribution in [-0.4, -0.2) is 12.8 Å². The summed E-state index contributed by atoms with van der Waals surface area (Å²) in [6.07, 6.45) is 1.38. The average Bonchev–Trinajstić information content (AvgIpc) is 2.11. The van der Waals surface area contributed by atoms with Crippen molar-refractivity contribution in [1.82, 2.24) is 0 Å². The standard InChI is InChI=1S/C10H12FNO/c1-3-13-12-7-9-6-8(2)4-5-10(9)11/h4-7H,3H2,1-2H3/b12-7+. The SMILES string of the molecule is CCO/N=C/c1cc(C)ccc1F. The number of rotatable bonds is 3. The maximum atomic E-state index is 13.1. The molecule has 1 rings (SSSR count). The van der Waals surface area contributed by atoms with Crippen LogP contribution in [0.5, 0.6) is 0 Å². The molecular weight excluding hydrogens is 169 g/mol. The van der Waals surface area contributed by atoms with Crippen molar-refractivity contribution in [3.8, 4) is 0 Å². The molecule has 3 heteroatoms. The molecule has 13 heavy (non-hydrogen) atoms. The van der Waals surface area contributed by atoms with Gasteiger partial charge in [0, 0.05) is 5.56 Å². The fourth-order valence-corrected chi connectivity index (χ4v) is 0.931. The molecule has 0 aliphatic rings. The molecule has 0 atom stereocenters. The zero-order valence-corrected chi connectivity index (χ0v) is 7.75. The summed E-state index contributed by atoms with van der Waals surface area (Å²) in [7, 11) is 0. The van der Waals surface area contributed by atoms with E-state index in [0.717, 1.165) is 5.56 Å². The third kappa shape index (κ3) is 2.86. The van der Waals surface area contributed by atoms with Gasteiger partial charge in [0.2, 0.25) is 0 Å². The van der Waals surface area contributed by atoms with E-state index in [1.165, 1.54) is 12.3 Å². The first kappa shape index (κ1) is 9.71. The Bertz CT molecular complexity index is 310. The number of nitrogens with zero attached hydrogens (tertiary/aromatic N) is 1. The van der Waals surface area contributed by atoms with E-state index in [2.05, 4.69) is 5.16 Å². The monoisotopic (exact) mass is 181 g/mol. The van der Waals surface area contributed by atoms with Crippen LogP contribution in [0.15, 0.2) is 23.4 Å². The first-order valence-electron chi connectivity index (χ1n) is 4.15. The molecule has 0 saturated carbocycles. The third-order valence-electron chi connectivity index (χ3n) is 1.55. The van der Waals surface area contributed by atoms with Crippen molar-refractivity contribution in [3.05, 3.63) is 35.1 Å². The molecule has 0 aliphatic carbocycles. The van der Waals surface area contributed by atoms with Gasteiger partial charge in [-0.25, -0.2) is 4.39 Å². The maximum Gasteiger partial charge on any atom is 0.132 e. The number of halogens is 1. The third-order valence-corrected chi connectivity index (χ3v) is 1.55. The van der Waals surface area contributed by atoms with E-state index in [1.54, 1.807) is 12.1 Å². The Labute approximate surface area is 77.0 Å². The predicted octanol–water partition coefficient (Wildman–Crippen LogP) is 2.50. The molecule has 70 valence electrons. The summed E-state index contributed by atoms with van der Waals surface area (Å²) in [4.78, 5) is 4.74. The smallest absolute Gasteiger partial charge is 0.132 e. The Morgan fingerprint density at radius 3 is 3.00 bits per heavy atom. The molecular formula is C10H12FNO. The van der Waals surface area contributed by atoms with Crippen molar-refractivity contribution >= 4 is 6.21 Å². The van der Waals surface area contributed by atoms with E-state index in [4.69, 9.17) is 4.84 Å². The second-order valence-electron chi connectivity index (χ2n) is 2.68. The molecule has 0 unspecified atom stereocenters. The van der Waals surface area contributed by atoms with Gasteiger partial charge in [-0.05, 0) is 26.0 Å². The molecule has 0 N–H and O–H groups in total. The minimum atomic E-state index is -0.283. The Morgan fingerprint density at radius 2 is 2.31 bits per heavy atom. The Balaban J connectivity index is 2.81. The molecule has 0 spiro atoms. The van der Waals surface area contributed by atoms with Crippen LogP contribution in [0.25, 0.3) is 0 Å². The highest BCUT2D eigenvalue weighted by Gasteiger charge is 1.98. The molecule has 0 heterocycles. The lowest BCUT2D eigenvalue weighted by atomic mass is 10.1. The van der Waals surface area contributed by atoms with Gasteiger partial charge in [0.25, 0.3) is 0 Å². The van der Waals surface area contributed by atoms with Gasteiger partial charge in [-0.1, -0.05) is 16.8 Å². The van der Waals surface area contributed by atoms with Crippen LogP contribution in [0.4, 0.5) is 4.39 Å². The molecule has 0 aliphatic heterocycles. The zero-order valence-electron chi connectivity index (χ0n) is 7.75. The summed E-state index contributed by atoms with van der Waals surface area (Å²) in [5.74, 6) is -0.283. The van der Waals surface area contributed by atoms with Crippen LogP contribution >= 0.6 is 0 Å². The van der Waals surface area contributed by atoms with Gasteiger partial charge in [-0.15, -0.1) is 0 Å². The van der Waals surface area contributed by atoms with Crippen molar-refractivity contribution in [3.63, 3.8) is 0 Å². The molecule has 1 aromatic carbocycles. The van der Waals surface area contributed by atoms with E-state index in [9.17, 15) is 4.39 Å². The van der Waals surface area contributed by atoms with Gasteiger partial charge in [0.05, 0.1) is 6.21 Å². The van der Waals surface area contributed by atoms with Crippen LogP contribution in [0.2, 0.25) is 0 Å². The first-order chi connectivity index (χ1) is 6.24. The lowest BCUT2D eigenvalue weighted by Gasteiger charge is -1.97. The minimum absolute atomic E-state index is 0.283. The van der Waals surface area contributed by atoms with Gasteiger partial charge in [-0.3, -0.25) is 0 Å². The van der Waals surface area contributed by atoms with Crippen LogP contribution in [0, 0.1) is 12.7 Å². The highest BCUT2D eigenvalue weighted by Crippen LogP contribution is 2.07. The molecule has 0 radical (unpaired) electrons. The Hall–Kier alpha value is -1.38. The molecule has 0 saturated heterocycles. The van der Waals surface area contributed by atoms with Crippen LogP contribution < -0.4 is 0 Å². The molecule has 0 bridgehead atoms. The van der Waals surface area contributed by atoms with Crippen LogP contribution in [-0.2, 0) is 4.84 Å². The molecule has 2 nitrogen and oxygen atoms in total. The molecule has 1 aromatic rings. The van der Waals surface area contributed by atoms with E-state index >= 15 is 0 Å². The van der Waals surface area contributed by atoms with E-state index in [0.29, 0.717) is 12.2 Å². The van der Waals surface area contributed by atoms with Crippen molar-refractivity contribution in [2.45, 2.75) is 13.8 Å². The molecule has 0 amide bonds. The van der Waals surface area contributed by atoms with Crippen molar-refractivity contribution in [2.24, 2.45) is 5.16 Å². The maximum absolute atomic E-state index is 13.1.